The van der Waals surface area contributed by atoms with E-state index in [0.717, 1.165) is 0 Å². The maximum atomic E-state index is 11.7. The molecule has 0 unspecified atom stereocenters. The smallest absolute Gasteiger partial charge is 0.473 e. The summed E-state index contributed by atoms with van der Waals surface area (Å²) < 4.78 is 73.2. The molecule has 1 N–H and O–H groups in total. The van der Waals surface area contributed by atoms with Crippen molar-refractivity contribution in [2.24, 2.45) is 0 Å². The average Bonchev–Trinajstić information content (AvgIpc) is 1.94. The first-order chi connectivity index (χ1) is 6.46. The Kier molecular flexibility index (Phi) is 3.74. The van der Waals surface area contributed by atoms with E-state index in [0.29, 0.717) is 0 Å². The second-order valence-corrected chi connectivity index (χ2v) is 4.48. The predicted octanol–water partition coefficient (Wildman–Crippen LogP) is 0.541. The second-order valence-electron chi connectivity index (χ2n) is 2.17. The molecule has 0 aromatic heterocycles. The van der Waals surface area contributed by atoms with Gasteiger partial charge >= 0.3 is 32.6 Å². The minimum Gasteiger partial charge on any atom is -0.495 e. The summed E-state index contributed by atoms with van der Waals surface area (Å²) in [6.45, 7) is 0. The van der Waals surface area contributed by atoms with Crippen molar-refractivity contribution in [1.29, 1.82) is 0 Å². The fourth-order valence-corrected chi connectivity index (χ4v) is 1.43. The lowest BCUT2D eigenvalue weighted by Gasteiger charge is -2.19. The third-order valence-corrected chi connectivity index (χ3v) is 2.63. The van der Waals surface area contributed by atoms with Crippen molar-refractivity contribution in [3.05, 3.63) is 0 Å². The van der Waals surface area contributed by atoms with Crippen molar-refractivity contribution in [2.75, 3.05) is 0 Å². The van der Waals surface area contributed by atoms with Crippen LogP contribution in [0.4, 0.5) is 26.3 Å². The number of carbonyl (C=O) groups excluding carboxylic acids is 1. The number of aliphatic carboxylic acids is 1. The van der Waals surface area contributed by atoms with Gasteiger partial charge in [0.25, 0.3) is 0 Å². The molecular weight excluding hydrogens is 254 g/mol. The topological polar surface area (TPSA) is 63.6 Å². The van der Waals surface area contributed by atoms with E-state index in [9.17, 15) is 35.9 Å². The van der Waals surface area contributed by atoms with Gasteiger partial charge in [-0.3, -0.25) is 0 Å². The molecule has 0 saturated heterocycles. The van der Waals surface area contributed by atoms with Crippen LogP contribution in [0, 0.1) is 0 Å². The average molecular weight is 256 g/mol. The van der Waals surface area contributed by atoms with Gasteiger partial charge in [-0.1, -0.05) is 0 Å². The molecule has 11 heteroatoms. The molecule has 0 aliphatic heterocycles. The molecule has 0 saturated carbocycles. The van der Waals surface area contributed by atoms with E-state index in [1.165, 1.54) is 0 Å². The van der Waals surface area contributed by atoms with E-state index in [4.69, 9.17) is 5.11 Å². The van der Waals surface area contributed by atoms with Crippen LogP contribution in [0.25, 0.3) is 0 Å². The quantitative estimate of drug-likeness (QED) is 0.422. The zero-order valence-corrected chi connectivity index (χ0v) is 7.67. The van der Waals surface area contributed by atoms with Gasteiger partial charge in [-0.2, -0.15) is 26.3 Å². The van der Waals surface area contributed by atoms with E-state index < -0.39 is 32.6 Å². The highest BCUT2D eigenvalue weighted by atomic mass is 28.3. The van der Waals surface area contributed by atoms with Crippen LogP contribution in [0.1, 0.15) is 0 Å². The maximum Gasteiger partial charge on any atom is 0.473 e. The number of carboxylic acids is 1. The van der Waals surface area contributed by atoms with Crippen molar-refractivity contribution in [2.45, 2.75) is 11.6 Å². The lowest BCUT2D eigenvalue weighted by Crippen LogP contribution is -2.51. The van der Waals surface area contributed by atoms with Crippen molar-refractivity contribution >= 4 is 21.0 Å². The molecule has 15 heavy (non-hydrogen) atoms. The van der Waals surface area contributed by atoms with E-state index >= 15 is 0 Å². The molecule has 0 heterocycles. The second kappa shape index (κ2) is 4.08. The highest BCUT2D eigenvalue weighted by molar-refractivity contribution is 6.60. The number of carboxylic acid groups (broad SMARTS) is 1. The monoisotopic (exact) mass is 256 g/mol. The van der Waals surface area contributed by atoms with Crippen LogP contribution in [-0.4, -0.2) is 37.7 Å². The summed E-state index contributed by atoms with van der Waals surface area (Å²) in [5.74, 6) is -16.6. The van der Waals surface area contributed by atoms with Gasteiger partial charge in [-0.05, 0) is 0 Å². The minimum absolute atomic E-state index is 2.51. The molecule has 0 aromatic rings. The van der Waals surface area contributed by atoms with Crippen LogP contribution >= 0.6 is 0 Å². The summed E-state index contributed by atoms with van der Waals surface area (Å²) in [7, 11) is -5.95. The number of rotatable bonds is 1. The third-order valence-electron chi connectivity index (χ3n) is 0.994. The SMILES string of the molecule is O=C(O)C(=O)O[SiH](C(F)(F)F)C(F)(F)F. The van der Waals surface area contributed by atoms with Gasteiger partial charge < -0.3 is 9.53 Å². The molecule has 88 valence electrons. The fraction of sp³-hybridized carbons (Fsp3) is 0.500. The Bertz CT molecular complexity index is 255. The molecule has 4 nitrogen and oxygen atoms in total. The largest absolute Gasteiger partial charge is 0.495 e. The van der Waals surface area contributed by atoms with Gasteiger partial charge in [0.1, 0.15) is 0 Å². The Labute approximate surface area is 79.2 Å². The summed E-state index contributed by atoms with van der Waals surface area (Å²) in [4.78, 5) is 19.8. The molecule has 0 radical (unpaired) electrons. The Morgan fingerprint density at radius 1 is 1.00 bits per heavy atom. The molecule has 0 spiro atoms. The zero-order valence-electron chi connectivity index (χ0n) is 6.52. The summed E-state index contributed by atoms with van der Waals surface area (Å²) in [5, 5.41) is 7.78. The lowest BCUT2D eigenvalue weighted by atomic mass is 10.7. The first-order valence-electron chi connectivity index (χ1n) is 3.03. The van der Waals surface area contributed by atoms with Crippen LogP contribution in [-0.2, 0) is 14.0 Å². The Hall–Kier alpha value is -1.26. The van der Waals surface area contributed by atoms with E-state index in [1.54, 1.807) is 0 Å². The molecule has 0 bridgehead atoms. The number of carbonyl (C=O) groups is 2. The van der Waals surface area contributed by atoms with Gasteiger partial charge in [-0.25, -0.2) is 9.59 Å². The molecule has 0 rings (SSSR count). The molecule has 0 aliphatic carbocycles. The normalized spacial score (nSPS) is 12.7. The first-order valence-corrected chi connectivity index (χ1v) is 4.66. The van der Waals surface area contributed by atoms with Crippen molar-refractivity contribution in [3.63, 3.8) is 0 Å². The summed E-state index contributed by atoms with van der Waals surface area (Å²) in [5.41, 5.74) is 0. The lowest BCUT2D eigenvalue weighted by molar-refractivity contribution is -0.165. The van der Waals surface area contributed by atoms with Crippen LogP contribution < -0.4 is 0 Å². The summed E-state index contributed by atoms with van der Waals surface area (Å²) >= 11 is 0. The molecular formula is C4H2F6O4Si. The molecule has 0 amide bonds. The van der Waals surface area contributed by atoms with Crippen molar-refractivity contribution < 1.29 is 45.5 Å². The first kappa shape index (κ1) is 13.7. The molecule has 0 aliphatic rings. The molecule has 0 aromatic carbocycles. The van der Waals surface area contributed by atoms with Crippen LogP contribution in [0.5, 0.6) is 0 Å². The van der Waals surface area contributed by atoms with E-state index in [2.05, 4.69) is 4.43 Å². The van der Waals surface area contributed by atoms with Crippen LogP contribution in [0.15, 0.2) is 0 Å². The number of alkyl halides is 6. The van der Waals surface area contributed by atoms with Gasteiger partial charge in [0, 0.05) is 0 Å². The Morgan fingerprint density at radius 2 is 1.33 bits per heavy atom. The van der Waals surface area contributed by atoms with Gasteiger partial charge in [0.2, 0.25) is 0 Å². The van der Waals surface area contributed by atoms with Crippen molar-refractivity contribution in [1.82, 2.24) is 0 Å². The van der Waals surface area contributed by atoms with E-state index in [1.807, 2.05) is 0 Å². The molecule has 0 atom stereocenters. The Morgan fingerprint density at radius 3 is 1.53 bits per heavy atom. The number of hydrogen-bond donors (Lipinski definition) is 1. The van der Waals surface area contributed by atoms with Crippen molar-refractivity contribution in [3.8, 4) is 0 Å². The highest BCUT2D eigenvalue weighted by Crippen LogP contribution is 2.32. The Balaban J connectivity index is 4.85. The van der Waals surface area contributed by atoms with Crippen LogP contribution in [0.3, 0.4) is 0 Å². The molecule has 0 fully saturated rings. The maximum absolute atomic E-state index is 11.7. The standard InChI is InChI=1S/C4H2F6O4Si/c5-3(6,7)15(4(8,9)10)14-2(13)1(11)12/h15H,(H,11,12). The zero-order chi connectivity index (χ0) is 12.4. The highest BCUT2D eigenvalue weighted by Gasteiger charge is 2.63. The van der Waals surface area contributed by atoms with Gasteiger partial charge in [0.15, 0.2) is 0 Å². The third kappa shape index (κ3) is 4.18. The van der Waals surface area contributed by atoms with Gasteiger partial charge in [0.05, 0.1) is 0 Å². The van der Waals surface area contributed by atoms with Crippen LogP contribution in [0.2, 0.25) is 0 Å². The predicted molar refractivity (Wildman–Crippen MR) is 33.0 cm³/mol. The summed E-state index contributed by atoms with van der Waals surface area (Å²) in [6, 6.07) is 0. The minimum atomic E-state index is -5.95. The van der Waals surface area contributed by atoms with E-state index in [-0.39, 0.29) is 0 Å². The summed E-state index contributed by atoms with van der Waals surface area (Å²) in [6.07, 6.45) is 0. The number of halogens is 6. The van der Waals surface area contributed by atoms with Gasteiger partial charge in [-0.15, -0.1) is 0 Å². The fourth-order valence-electron chi connectivity index (χ4n) is 0.477. The number of hydrogen-bond acceptors (Lipinski definition) is 3.